The van der Waals surface area contributed by atoms with Gasteiger partial charge in [0.2, 0.25) is 5.91 Å². The molecule has 0 unspecified atom stereocenters. The van der Waals surface area contributed by atoms with Crippen molar-refractivity contribution >= 4 is 45.8 Å². The van der Waals surface area contributed by atoms with Crippen LogP contribution in [-0.4, -0.2) is 26.6 Å². The number of nitrogens with one attached hydrogen (secondary N) is 1. The average molecular weight is 394 g/mol. The summed E-state index contributed by atoms with van der Waals surface area (Å²) in [5.41, 5.74) is 12.0. The van der Waals surface area contributed by atoms with E-state index in [1.807, 2.05) is 0 Å². The van der Waals surface area contributed by atoms with Gasteiger partial charge in [0.1, 0.15) is 11.6 Å². The fourth-order valence-corrected chi connectivity index (χ4v) is 3.34. The molecule has 3 aromatic rings. The molecule has 0 bridgehead atoms. The summed E-state index contributed by atoms with van der Waals surface area (Å²) in [6, 6.07) is 4.90. The van der Waals surface area contributed by atoms with Gasteiger partial charge in [-0.25, -0.2) is 23.7 Å². The number of aromatic nitrogens is 3. The fraction of sp³-hybridized carbons (Fsp3) is 0.0667. The number of thiazole rings is 1. The van der Waals surface area contributed by atoms with Crippen molar-refractivity contribution in [1.29, 1.82) is 0 Å². The van der Waals surface area contributed by atoms with Crippen LogP contribution in [0.5, 0.6) is 0 Å². The van der Waals surface area contributed by atoms with Gasteiger partial charge in [-0.1, -0.05) is 11.8 Å². The zero-order valence-corrected chi connectivity index (χ0v) is 14.7. The molecule has 1 aromatic carbocycles. The minimum atomic E-state index is -0.959. The van der Waals surface area contributed by atoms with E-state index in [2.05, 4.69) is 20.3 Å². The van der Waals surface area contributed by atoms with Crippen molar-refractivity contribution in [2.75, 3.05) is 22.5 Å². The summed E-state index contributed by atoms with van der Waals surface area (Å²) in [4.78, 5) is 24.1. The number of anilines is 3. The number of nitrogens with two attached hydrogens (primary N) is 2. The van der Waals surface area contributed by atoms with Crippen LogP contribution in [0.2, 0.25) is 0 Å². The molecule has 134 valence electrons. The average Bonchev–Trinajstić information content (AvgIpc) is 3.03. The van der Waals surface area contributed by atoms with Crippen LogP contribution in [0, 0.1) is 11.6 Å². The highest BCUT2D eigenvalue weighted by molar-refractivity contribution is 7.99. The number of benzene rings is 1. The maximum Gasteiger partial charge on any atom is 0.236 e. The molecule has 3 rings (SSSR count). The highest BCUT2D eigenvalue weighted by Crippen LogP contribution is 2.26. The second-order valence-corrected chi connectivity index (χ2v) is 6.80. The molecule has 11 heteroatoms. The number of nitrogen functional groups attached to an aromatic ring is 2. The van der Waals surface area contributed by atoms with E-state index in [1.54, 1.807) is 5.38 Å². The van der Waals surface area contributed by atoms with Crippen molar-refractivity contribution in [2.45, 2.75) is 5.16 Å². The van der Waals surface area contributed by atoms with E-state index in [1.165, 1.54) is 23.5 Å². The molecule has 7 nitrogen and oxygen atoms in total. The number of carbonyl (C=O) groups excluding carboxylic acids is 1. The summed E-state index contributed by atoms with van der Waals surface area (Å²) >= 11 is 2.24. The summed E-state index contributed by atoms with van der Waals surface area (Å²) in [6.45, 7) is 0. The number of rotatable bonds is 5. The minimum Gasteiger partial charge on any atom is -0.383 e. The predicted molar refractivity (Wildman–Crippen MR) is 97.7 cm³/mol. The monoisotopic (exact) mass is 394 g/mol. The van der Waals surface area contributed by atoms with Crippen LogP contribution >= 0.6 is 23.1 Å². The standard InChI is InChI=1S/C15H12F2N6OS2/c16-8-2-1-7(3-9(8)17)10-5-25-14(20-10)23-13(24)6-26-15-21-11(18)4-12(19)22-15/h1-5H,6H2,(H,20,23,24)(H4,18,19,21,22). The van der Waals surface area contributed by atoms with Crippen molar-refractivity contribution in [3.8, 4) is 11.3 Å². The molecule has 0 saturated carbocycles. The molecule has 0 saturated heterocycles. The van der Waals surface area contributed by atoms with Crippen LogP contribution in [0.15, 0.2) is 34.8 Å². The maximum absolute atomic E-state index is 13.3. The van der Waals surface area contributed by atoms with E-state index in [4.69, 9.17) is 11.5 Å². The second kappa shape index (κ2) is 7.62. The highest BCUT2D eigenvalue weighted by atomic mass is 32.2. The van der Waals surface area contributed by atoms with Crippen molar-refractivity contribution in [1.82, 2.24) is 15.0 Å². The lowest BCUT2D eigenvalue weighted by Gasteiger charge is -2.03. The van der Waals surface area contributed by atoms with Crippen molar-refractivity contribution in [3.63, 3.8) is 0 Å². The molecular weight excluding hydrogens is 382 g/mol. The van der Waals surface area contributed by atoms with Crippen molar-refractivity contribution in [3.05, 3.63) is 41.3 Å². The van der Waals surface area contributed by atoms with Gasteiger partial charge in [-0.15, -0.1) is 11.3 Å². The minimum absolute atomic E-state index is 0.0307. The maximum atomic E-state index is 13.3. The SMILES string of the molecule is Nc1cc(N)nc(SCC(=O)Nc2nc(-c3ccc(F)c(F)c3)cs2)n1. The summed E-state index contributed by atoms with van der Waals surface area (Å²) < 4.78 is 26.3. The van der Waals surface area contributed by atoms with Crippen LogP contribution in [0.4, 0.5) is 25.5 Å². The third kappa shape index (κ3) is 4.43. The normalized spacial score (nSPS) is 10.7. The van der Waals surface area contributed by atoms with Crippen LogP contribution in [0.3, 0.4) is 0 Å². The van der Waals surface area contributed by atoms with Gasteiger partial charge in [-0.2, -0.15) is 0 Å². The molecule has 0 aliphatic heterocycles. The quantitative estimate of drug-likeness (QED) is 0.449. The van der Waals surface area contributed by atoms with Gasteiger partial charge in [0.25, 0.3) is 0 Å². The number of thioether (sulfide) groups is 1. The topological polar surface area (TPSA) is 120 Å². The molecule has 2 aromatic heterocycles. The Morgan fingerprint density at radius 1 is 1.12 bits per heavy atom. The highest BCUT2D eigenvalue weighted by Gasteiger charge is 2.11. The Morgan fingerprint density at radius 2 is 1.85 bits per heavy atom. The number of carbonyl (C=O) groups is 1. The summed E-state index contributed by atoms with van der Waals surface area (Å²) in [5.74, 6) is -1.75. The Balaban J connectivity index is 1.61. The number of hydrogen-bond donors (Lipinski definition) is 3. The molecule has 0 aliphatic rings. The Labute approximate surface area is 154 Å². The van der Waals surface area contributed by atoms with Gasteiger partial charge in [0.15, 0.2) is 21.9 Å². The van der Waals surface area contributed by atoms with Gasteiger partial charge < -0.3 is 16.8 Å². The predicted octanol–water partition coefficient (Wildman–Crippen LogP) is 2.77. The third-order valence-electron chi connectivity index (χ3n) is 3.04. The number of nitrogens with zero attached hydrogens (tertiary/aromatic N) is 3. The lowest BCUT2D eigenvalue weighted by Crippen LogP contribution is -2.14. The second-order valence-electron chi connectivity index (χ2n) is 5.00. The first-order chi connectivity index (χ1) is 12.4. The van der Waals surface area contributed by atoms with Crippen molar-refractivity contribution in [2.24, 2.45) is 0 Å². The molecule has 26 heavy (non-hydrogen) atoms. The molecule has 0 aliphatic carbocycles. The van der Waals surface area contributed by atoms with Gasteiger partial charge in [0, 0.05) is 17.0 Å². The molecule has 5 N–H and O–H groups in total. The molecular formula is C15H12F2N6OS2. The molecule has 0 fully saturated rings. The van der Waals surface area contributed by atoms with E-state index in [0.717, 1.165) is 23.9 Å². The van der Waals surface area contributed by atoms with Gasteiger partial charge in [-0.05, 0) is 18.2 Å². The molecule has 0 atom stereocenters. The van der Waals surface area contributed by atoms with E-state index in [9.17, 15) is 13.6 Å². The van der Waals surface area contributed by atoms with Crippen molar-refractivity contribution < 1.29 is 13.6 Å². The number of hydrogen-bond acceptors (Lipinski definition) is 8. The van der Waals surface area contributed by atoms with E-state index in [-0.39, 0.29) is 23.3 Å². The van der Waals surface area contributed by atoms with Gasteiger partial charge in [-0.3, -0.25) is 4.79 Å². The molecule has 0 radical (unpaired) electrons. The van der Waals surface area contributed by atoms with Crippen LogP contribution < -0.4 is 16.8 Å². The fourth-order valence-electron chi connectivity index (χ4n) is 1.93. The van der Waals surface area contributed by atoms with Crippen LogP contribution in [0.1, 0.15) is 0 Å². The Bertz CT molecular complexity index is 945. The lowest BCUT2D eigenvalue weighted by molar-refractivity contribution is -0.113. The van der Waals surface area contributed by atoms with E-state index < -0.39 is 11.6 Å². The summed E-state index contributed by atoms with van der Waals surface area (Å²) in [6.07, 6.45) is 0. The number of halogens is 2. The largest absolute Gasteiger partial charge is 0.383 e. The zero-order valence-electron chi connectivity index (χ0n) is 13.1. The summed E-state index contributed by atoms with van der Waals surface area (Å²) in [7, 11) is 0. The lowest BCUT2D eigenvalue weighted by atomic mass is 10.2. The van der Waals surface area contributed by atoms with Gasteiger partial charge >= 0.3 is 0 Å². The Morgan fingerprint density at radius 3 is 2.54 bits per heavy atom. The zero-order chi connectivity index (χ0) is 18.7. The molecule has 2 heterocycles. The van der Waals surface area contributed by atoms with Gasteiger partial charge in [0.05, 0.1) is 11.4 Å². The smallest absolute Gasteiger partial charge is 0.236 e. The first kappa shape index (κ1) is 18.0. The third-order valence-corrected chi connectivity index (χ3v) is 4.65. The molecule has 1 amide bonds. The summed E-state index contributed by atoms with van der Waals surface area (Å²) in [5, 5.41) is 4.88. The van der Waals surface area contributed by atoms with Crippen LogP contribution in [0.25, 0.3) is 11.3 Å². The Kier molecular flexibility index (Phi) is 5.28. The first-order valence-corrected chi connectivity index (χ1v) is 9.01. The van der Waals surface area contributed by atoms with Crippen LogP contribution in [-0.2, 0) is 4.79 Å². The van der Waals surface area contributed by atoms with E-state index >= 15 is 0 Å². The first-order valence-electron chi connectivity index (χ1n) is 7.14. The van der Waals surface area contributed by atoms with E-state index in [0.29, 0.717) is 21.5 Å². The molecule has 0 spiro atoms. The Hall–Kier alpha value is -2.79. The number of amides is 1.